The molecule has 3 heterocycles. The highest BCUT2D eigenvalue weighted by Gasteiger charge is 2.45. The Kier molecular flexibility index (Phi) is 7.11. The average molecular weight is 449 g/mol. The lowest BCUT2D eigenvalue weighted by Gasteiger charge is -2.43. The van der Waals surface area contributed by atoms with Gasteiger partial charge in [0, 0.05) is 37.8 Å². The van der Waals surface area contributed by atoms with E-state index < -0.39 is 0 Å². The maximum Gasteiger partial charge on any atom is 0.257 e. The van der Waals surface area contributed by atoms with Crippen molar-refractivity contribution in [3.05, 3.63) is 59.2 Å². The molecule has 0 bridgehead atoms. The van der Waals surface area contributed by atoms with E-state index in [9.17, 15) is 9.59 Å². The number of aryl methyl sites for hydroxylation is 2. The molecule has 2 saturated heterocycles. The number of aromatic nitrogens is 2. The second kappa shape index (κ2) is 10.0. The molecule has 2 amide bonds. The van der Waals surface area contributed by atoms with Crippen molar-refractivity contribution in [2.75, 3.05) is 26.2 Å². The second-order valence-electron chi connectivity index (χ2n) is 9.89. The van der Waals surface area contributed by atoms with Gasteiger partial charge < -0.3 is 9.80 Å². The molecule has 0 saturated carbocycles. The van der Waals surface area contributed by atoms with Gasteiger partial charge in [0.25, 0.3) is 5.91 Å². The maximum absolute atomic E-state index is 13.7. The minimum atomic E-state index is -0.342. The number of carbonyl (C=O) groups excluding carboxylic acids is 2. The van der Waals surface area contributed by atoms with E-state index >= 15 is 0 Å². The maximum atomic E-state index is 13.7. The monoisotopic (exact) mass is 448 g/mol. The number of amides is 2. The molecule has 1 aromatic carbocycles. The van der Waals surface area contributed by atoms with Crippen LogP contribution in [0.3, 0.4) is 0 Å². The van der Waals surface area contributed by atoms with Crippen molar-refractivity contribution in [3.8, 4) is 0 Å². The van der Waals surface area contributed by atoms with E-state index in [1.54, 1.807) is 6.20 Å². The number of hydrogen-bond donors (Lipinski definition) is 0. The highest BCUT2D eigenvalue weighted by Crippen LogP contribution is 2.42. The van der Waals surface area contributed by atoms with Crippen LogP contribution in [0.25, 0.3) is 0 Å². The van der Waals surface area contributed by atoms with Gasteiger partial charge in [-0.1, -0.05) is 43.7 Å². The Labute approximate surface area is 197 Å². The third-order valence-corrected chi connectivity index (χ3v) is 7.68. The zero-order chi connectivity index (χ0) is 23.4. The van der Waals surface area contributed by atoms with Crippen LogP contribution in [0.5, 0.6) is 0 Å². The largest absolute Gasteiger partial charge is 0.342 e. The summed E-state index contributed by atoms with van der Waals surface area (Å²) in [5, 5.41) is 0. The SMILES string of the molecule is Cc1ncc(C(=O)N2CCC([C@]3(C)CCCCN(CCc4ccccc4)C3=O)CC2)c(C)n1. The summed E-state index contributed by atoms with van der Waals surface area (Å²) in [7, 11) is 0. The first-order chi connectivity index (χ1) is 15.9. The van der Waals surface area contributed by atoms with E-state index in [0.29, 0.717) is 36.3 Å². The Hall–Kier alpha value is -2.76. The van der Waals surface area contributed by atoms with Gasteiger partial charge in [-0.25, -0.2) is 9.97 Å². The quantitative estimate of drug-likeness (QED) is 0.687. The Morgan fingerprint density at radius 1 is 1.09 bits per heavy atom. The summed E-state index contributed by atoms with van der Waals surface area (Å²) in [6.07, 6.45) is 7.37. The van der Waals surface area contributed by atoms with Crippen molar-refractivity contribution >= 4 is 11.8 Å². The van der Waals surface area contributed by atoms with Crippen LogP contribution >= 0.6 is 0 Å². The van der Waals surface area contributed by atoms with E-state index in [0.717, 1.165) is 57.3 Å². The Morgan fingerprint density at radius 3 is 2.52 bits per heavy atom. The van der Waals surface area contributed by atoms with Crippen LogP contribution in [-0.2, 0) is 11.2 Å². The van der Waals surface area contributed by atoms with Crippen molar-refractivity contribution in [2.24, 2.45) is 11.3 Å². The summed E-state index contributed by atoms with van der Waals surface area (Å²) < 4.78 is 0. The third kappa shape index (κ3) is 5.10. The molecule has 0 aliphatic carbocycles. The van der Waals surface area contributed by atoms with Crippen LogP contribution in [0, 0.1) is 25.2 Å². The summed E-state index contributed by atoms with van der Waals surface area (Å²) in [4.78, 5) is 39.4. The molecule has 33 heavy (non-hydrogen) atoms. The minimum Gasteiger partial charge on any atom is -0.342 e. The van der Waals surface area contributed by atoms with E-state index in [2.05, 4.69) is 46.1 Å². The van der Waals surface area contributed by atoms with Gasteiger partial charge in [0.05, 0.1) is 11.3 Å². The Balaban J connectivity index is 1.40. The molecular weight excluding hydrogens is 412 g/mol. The zero-order valence-electron chi connectivity index (χ0n) is 20.2. The molecule has 6 nitrogen and oxygen atoms in total. The number of benzene rings is 1. The van der Waals surface area contributed by atoms with Gasteiger partial charge in [0.15, 0.2) is 0 Å². The van der Waals surface area contributed by atoms with Crippen LogP contribution in [0.4, 0.5) is 0 Å². The molecule has 4 rings (SSSR count). The molecule has 0 unspecified atom stereocenters. The number of rotatable bonds is 5. The van der Waals surface area contributed by atoms with Gasteiger partial charge in [-0.2, -0.15) is 0 Å². The number of nitrogens with zero attached hydrogens (tertiary/aromatic N) is 4. The third-order valence-electron chi connectivity index (χ3n) is 7.68. The molecule has 1 atom stereocenters. The molecule has 176 valence electrons. The summed E-state index contributed by atoms with van der Waals surface area (Å²) in [6.45, 7) is 8.88. The smallest absolute Gasteiger partial charge is 0.257 e. The van der Waals surface area contributed by atoms with Gasteiger partial charge in [-0.05, 0) is 57.4 Å². The Morgan fingerprint density at radius 2 is 1.82 bits per heavy atom. The summed E-state index contributed by atoms with van der Waals surface area (Å²) in [5.74, 6) is 1.30. The van der Waals surface area contributed by atoms with E-state index in [-0.39, 0.29) is 11.3 Å². The van der Waals surface area contributed by atoms with Crippen molar-refractivity contribution in [1.82, 2.24) is 19.8 Å². The summed E-state index contributed by atoms with van der Waals surface area (Å²) >= 11 is 0. The highest BCUT2D eigenvalue weighted by molar-refractivity contribution is 5.95. The first-order valence-electron chi connectivity index (χ1n) is 12.3. The van der Waals surface area contributed by atoms with Crippen LogP contribution < -0.4 is 0 Å². The predicted octanol–water partition coefficient (Wildman–Crippen LogP) is 4.21. The fourth-order valence-corrected chi connectivity index (χ4v) is 5.55. The van der Waals surface area contributed by atoms with Crippen LogP contribution in [-0.4, -0.2) is 57.8 Å². The van der Waals surface area contributed by atoms with Crippen molar-refractivity contribution in [1.29, 1.82) is 0 Å². The topological polar surface area (TPSA) is 66.4 Å². The first kappa shape index (κ1) is 23.4. The van der Waals surface area contributed by atoms with Crippen molar-refractivity contribution in [2.45, 2.75) is 59.3 Å². The zero-order valence-corrected chi connectivity index (χ0v) is 20.2. The minimum absolute atomic E-state index is 0.00721. The summed E-state index contributed by atoms with van der Waals surface area (Å²) in [6, 6.07) is 10.4. The van der Waals surface area contributed by atoms with Gasteiger partial charge in [-0.15, -0.1) is 0 Å². The lowest BCUT2D eigenvalue weighted by Crippen LogP contribution is -2.49. The van der Waals surface area contributed by atoms with Gasteiger partial charge >= 0.3 is 0 Å². The van der Waals surface area contributed by atoms with E-state index in [1.165, 1.54) is 5.56 Å². The van der Waals surface area contributed by atoms with Crippen molar-refractivity contribution < 1.29 is 9.59 Å². The number of piperidine rings is 1. The van der Waals surface area contributed by atoms with E-state index in [4.69, 9.17) is 0 Å². The van der Waals surface area contributed by atoms with Gasteiger partial charge in [-0.3, -0.25) is 9.59 Å². The number of carbonyl (C=O) groups is 2. The molecule has 0 radical (unpaired) electrons. The molecule has 6 heteroatoms. The average Bonchev–Trinajstić information content (AvgIpc) is 2.97. The molecular formula is C27H36N4O2. The van der Waals surface area contributed by atoms with Gasteiger partial charge in [0.2, 0.25) is 5.91 Å². The lowest BCUT2D eigenvalue weighted by molar-refractivity contribution is -0.144. The standard InChI is InChI=1S/C27H36N4O2/c1-20-24(19-28-21(2)29-20)25(32)30-17-12-23(13-18-30)27(3)14-7-8-15-31(26(27)33)16-11-22-9-5-4-6-10-22/h4-6,9-10,19,23H,7-8,11-18H2,1-3H3/t27-/m0/s1. The molecule has 0 N–H and O–H groups in total. The number of hydrogen-bond acceptors (Lipinski definition) is 4. The molecule has 0 spiro atoms. The summed E-state index contributed by atoms with van der Waals surface area (Å²) in [5.41, 5.74) is 2.25. The molecule has 1 aromatic heterocycles. The van der Waals surface area contributed by atoms with Gasteiger partial charge in [0.1, 0.15) is 5.82 Å². The molecule has 2 aliphatic heterocycles. The lowest BCUT2D eigenvalue weighted by atomic mass is 9.69. The van der Waals surface area contributed by atoms with E-state index in [1.807, 2.05) is 24.8 Å². The number of likely N-dealkylation sites (tertiary alicyclic amines) is 2. The van der Waals surface area contributed by atoms with Crippen LogP contribution in [0.1, 0.15) is 66.5 Å². The Bertz CT molecular complexity index is 985. The van der Waals surface area contributed by atoms with Crippen molar-refractivity contribution in [3.63, 3.8) is 0 Å². The predicted molar refractivity (Wildman–Crippen MR) is 129 cm³/mol. The second-order valence-corrected chi connectivity index (χ2v) is 9.89. The molecule has 2 aromatic rings. The normalized spacial score (nSPS) is 22.3. The highest BCUT2D eigenvalue weighted by atomic mass is 16.2. The first-order valence-corrected chi connectivity index (χ1v) is 12.3. The van der Waals surface area contributed by atoms with Crippen LogP contribution in [0.2, 0.25) is 0 Å². The fraction of sp³-hybridized carbons (Fsp3) is 0.556. The fourth-order valence-electron chi connectivity index (χ4n) is 5.55. The molecule has 2 fully saturated rings. The molecule has 2 aliphatic rings. The van der Waals surface area contributed by atoms with Crippen LogP contribution in [0.15, 0.2) is 36.5 Å².